The first-order valence-corrected chi connectivity index (χ1v) is 6.81. The molecule has 1 unspecified atom stereocenters. The molecule has 0 bridgehead atoms. The largest absolute Gasteiger partial charge is 0.476 e. The number of aromatic nitrogens is 4. The van der Waals surface area contributed by atoms with Crippen LogP contribution in [0, 0.1) is 0 Å². The molecule has 6 nitrogen and oxygen atoms in total. The third kappa shape index (κ3) is 2.64. The van der Waals surface area contributed by atoms with Gasteiger partial charge in [-0.05, 0) is 26.4 Å². The molecular weight excluding hydrogens is 266 g/mol. The summed E-state index contributed by atoms with van der Waals surface area (Å²) in [6.45, 7) is 1.76. The van der Waals surface area contributed by atoms with Crippen LogP contribution in [-0.4, -0.2) is 50.7 Å². The summed E-state index contributed by atoms with van der Waals surface area (Å²) < 4.78 is 7.43. The fraction of sp³-hybridized carbons (Fsp3) is 0.583. The molecule has 0 spiro atoms. The van der Waals surface area contributed by atoms with Crippen molar-refractivity contribution in [3.05, 3.63) is 17.5 Å². The third-order valence-electron chi connectivity index (χ3n) is 3.53. The van der Waals surface area contributed by atoms with Gasteiger partial charge in [0, 0.05) is 12.1 Å². The molecule has 1 aliphatic heterocycles. The number of hydrogen-bond donors (Lipinski definition) is 0. The molecule has 2 aromatic heterocycles. The predicted molar refractivity (Wildman–Crippen MR) is 71.6 cm³/mol. The van der Waals surface area contributed by atoms with Crippen molar-refractivity contribution in [2.45, 2.75) is 25.3 Å². The van der Waals surface area contributed by atoms with Crippen LogP contribution in [0.2, 0.25) is 5.15 Å². The van der Waals surface area contributed by atoms with Crippen molar-refractivity contribution in [3.8, 4) is 5.88 Å². The first-order valence-electron chi connectivity index (χ1n) is 6.43. The van der Waals surface area contributed by atoms with E-state index in [1.165, 1.54) is 19.2 Å². The molecule has 102 valence electrons. The Morgan fingerprint density at radius 1 is 1.47 bits per heavy atom. The maximum Gasteiger partial charge on any atom is 0.256 e. The van der Waals surface area contributed by atoms with Gasteiger partial charge < -0.3 is 9.64 Å². The average molecular weight is 282 g/mol. The highest BCUT2D eigenvalue weighted by atomic mass is 35.5. The second-order valence-electron chi connectivity index (χ2n) is 4.83. The molecule has 1 atom stereocenters. The Hall–Kier alpha value is -1.40. The van der Waals surface area contributed by atoms with E-state index >= 15 is 0 Å². The topological polar surface area (TPSA) is 55.5 Å². The Bertz CT molecular complexity index is 572. The van der Waals surface area contributed by atoms with Crippen molar-refractivity contribution in [2.75, 3.05) is 20.2 Å². The van der Waals surface area contributed by atoms with E-state index in [4.69, 9.17) is 16.3 Å². The fourth-order valence-corrected chi connectivity index (χ4v) is 2.57. The van der Waals surface area contributed by atoms with Crippen LogP contribution in [0.25, 0.3) is 5.78 Å². The van der Waals surface area contributed by atoms with Gasteiger partial charge in [-0.1, -0.05) is 18.0 Å². The summed E-state index contributed by atoms with van der Waals surface area (Å²) in [6.07, 6.45) is 5.13. The Morgan fingerprint density at radius 2 is 2.37 bits per heavy atom. The van der Waals surface area contributed by atoms with E-state index in [1.54, 1.807) is 10.6 Å². The zero-order valence-electron chi connectivity index (χ0n) is 10.8. The molecule has 1 aliphatic rings. The fourth-order valence-electron chi connectivity index (χ4n) is 2.40. The molecule has 7 heteroatoms. The Kier molecular flexibility index (Phi) is 3.52. The molecule has 2 aromatic rings. The van der Waals surface area contributed by atoms with E-state index in [0.717, 1.165) is 13.0 Å². The molecule has 0 amide bonds. The average Bonchev–Trinajstić information content (AvgIpc) is 2.85. The number of hydrogen-bond acceptors (Lipinski definition) is 5. The van der Waals surface area contributed by atoms with Gasteiger partial charge in [0.05, 0.1) is 0 Å². The van der Waals surface area contributed by atoms with Crippen LogP contribution in [0.4, 0.5) is 0 Å². The number of piperidine rings is 1. The number of nitrogens with zero attached hydrogens (tertiary/aromatic N) is 5. The van der Waals surface area contributed by atoms with Crippen LogP contribution in [0.15, 0.2) is 12.4 Å². The minimum absolute atomic E-state index is 0.368. The molecule has 19 heavy (non-hydrogen) atoms. The molecule has 0 radical (unpaired) electrons. The molecule has 3 rings (SSSR count). The Morgan fingerprint density at radius 3 is 3.21 bits per heavy atom. The van der Waals surface area contributed by atoms with E-state index in [-0.39, 0.29) is 0 Å². The number of halogens is 1. The van der Waals surface area contributed by atoms with E-state index in [9.17, 15) is 0 Å². The highest BCUT2D eigenvalue weighted by Gasteiger charge is 2.20. The molecule has 0 aromatic carbocycles. The summed E-state index contributed by atoms with van der Waals surface area (Å²) in [5.74, 6) is 1.05. The van der Waals surface area contributed by atoms with Gasteiger partial charge in [-0.25, -0.2) is 0 Å². The van der Waals surface area contributed by atoms with Gasteiger partial charge in [0.1, 0.15) is 18.1 Å². The monoisotopic (exact) mass is 281 g/mol. The highest BCUT2D eigenvalue weighted by Crippen LogP contribution is 2.19. The van der Waals surface area contributed by atoms with Crippen LogP contribution in [0.3, 0.4) is 0 Å². The number of likely N-dealkylation sites (N-methyl/N-ethyl adjacent to an activating group) is 1. The van der Waals surface area contributed by atoms with Crippen LogP contribution >= 0.6 is 11.6 Å². The third-order valence-corrected chi connectivity index (χ3v) is 3.73. The Labute approximate surface area is 116 Å². The number of ether oxygens (including phenoxy) is 1. The van der Waals surface area contributed by atoms with Crippen LogP contribution in [-0.2, 0) is 0 Å². The molecule has 0 N–H and O–H groups in total. The van der Waals surface area contributed by atoms with Crippen molar-refractivity contribution in [1.29, 1.82) is 0 Å². The molecular formula is C12H16ClN5O. The van der Waals surface area contributed by atoms with Crippen molar-refractivity contribution >= 4 is 17.4 Å². The normalized spacial score (nSPS) is 20.8. The van der Waals surface area contributed by atoms with Gasteiger partial charge in [-0.2, -0.15) is 19.6 Å². The molecule has 1 saturated heterocycles. The minimum Gasteiger partial charge on any atom is -0.476 e. The number of rotatable bonds is 3. The zero-order valence-corrected chi connectivity index (χ0v) is 11.5. The van der Waals surface area contributed by atoms with Gasteiger partial charge in [0.15, 0.2) is 0 Å². The quantitative estimate of drug-likeness (QED) is 0.801. The smallest absolute Gasteiger partial charge is 0.256 e. The van der Waals surface area contributed by atoms with Crippen molar-refractivity contribution in [2.24, 2.45) is 0 Å². The lowest BCUT2D eigenvalue weighted by Crippen LogP contribution is -2.40. The lowest BCUT2D eigenvalue weighted by Gasteiger charge is -2.32. The summed E-state index contributed by atoms with van der Waals surface area (Å²) >= 11 is 5.95. The molecule has 0 saturated carbocycles. The SMILES string of the molecule is CN1CCCCC1COc1cc(Cl)nc2ncnn12. The summed E-state index contributed by atoms with van der Waals surface area (Å²) in [5, 5.41) is 4.46. The number of likely N-dealkylation sites (tertiary alicyclic amines) is 1. The summed E-state index contributed by atoms with van der Waals surface area (Å²) in [7, 11) is 2.14. The van der Waals surface area contributed by atoms with Gasteiger partial charge in [-0.15, -0.1) is 0 Å². The first kappa shape index (κ1) is 12.6. The molecule has 1 fully saturated rings. The van der Waals surface area contributed by atoms with Gasteiger partial charge >= 0.3 is 0 Å². The summed E-state index contributed by atoms with van der Waals surface area (Å²) in [4.78, 5) is 10.4. The zero-order chi connectivity index (χ0) is 13.2. The van der Waals surface area contributed by atoms with Gasteiger partial charge in [-0.3, -0.25) is 0 Å². The van der Waals surface area contributed by atoms with E-state index in [2.05, 4.69) is 27.0 Å². The van der Waals surface area contributed by atoms with Crippen molar-refractivity contribution in [1.82, 2.24) is 24.5 Å². The highest BCUT2D eigenvalue weighted by molar-refractivity contribution is 6.29. The summed E-state index contributed by atoms with van der Waals surface area (Å²) in [6, 6.07) is 2.12. The van der Waals surface area contributed by atoms with Crippen LogP contribution in [0.5, 0.6) is 5.88 Å². The minimum atomic E-state index is 0.368. The summed E-state index contributed by atoms with van der Waals surface area (Å²) in [5.41, 5.74) is 0. The van der Waals surface area contributed by atoms with Crippen molar-refractivity contribution < 1.29 is 4.74 Å². The van der Waals surface area contributed by atoms with Crippen molar-refractivity contribution in [3.63, 3.8) is 0 Å². The predicted octanol–water partition coefficient (Wildman–Crippen LogP) is 1.64. The number of fused-ring (bicyclic) bond motifs is 1. The second kappa shape index (κ2) is 5.30. The standard InChI is InChI=1S/C12H16ClN5O/c1-17-5-3-2-4-9(17)7-19-11-6-10(13)16-12-14-8-15-18(11)12/h6,8-9H,2-5,7H2,1H3. The van der Waals surface area contributed by atoms with E-state index in [1.807, 2.05) is 0 Å². The molecule has 0 aliphatic carbocycles. The van der Waals surface area contributed by atoms with Crippen LogP contribution in [0.1, 0.15) is 19.3 Å². The van der Waals surface area contributed by atoms with Gasteiger partial charge in [0.2, 0.25) is 5.88 Å². The maximum atomic E-state index is 5.95. The Balaban J connectivity index is 1.75. The second-order valence-corrected chi connectivity index (χ2v) is 5.22. The van der Waals surface area contributed by atoms with Crippen LogP contribution < -0.4 is 4.74 Å². The lowest BCUT2D eigenvalue weighted by molar-refractivity contribution is 0.121. The molecule has 3 heterocycles. The van der Waals surface area contributed by atoms with E-state index < -0.39 is 0 Å². The maximum absolute atomic E-state index is 5.95. The van der Waals surface area contributed by atoms with Gasteiger partial charge in [0.25, 0.3) is 5.78 Å². The lowest BCUT2D eigenvalue weighted by atomic mass is 10.0. The first-order chi connectivity index (χ1) is 9.24. The van der Waals surface area contributed by atoms with E-state index in [0.29, 0.717) is 29.5 Å².